The minimum atomic E-state index is -0.825. The number of hydrogen-bond acceptors (Lipinski definition) is 6. The Labute approximate surface area is 454 Å². The van der Waals surface area contributed by atoms with Crippen LogP contribution in [0, 0.1) is 0 Å². The Bertz CT molecular complexity index is 1690. The number of rotatable bonds is 51. The van der Waals surface area contributed by atoms with Gasteiger partial charge in [0.25, 0.3) is 0 Å². The molecule has 414 valence electrons. The second kappa shape index (κ2) is 60.6. The number of ether oxygens (including phenoxy) is 3. The molecule has 74 heavy (non-hydrogen) atoms. The van der Waals surface area contributed by atoms with E-state index in [1.807, 2.05) is 0 Å². The third-order valence-electron chi connectivity index (χ3n) is 11.7. The fraction of sp³-hybridized carbons (Fsp3) is 0.574. The number of unbranched alkanes of at least 4 members (excludes halogenated alkanes) is 14. The van der Waals surface area contributed by atoms with Gasteiger partial charge in [-0.25, -0.2) is 0 Å². The van der Waals surface area contributed by atoms with Crippen molar-refractivity contribution in [2.24, 2.45) is 0 Å². The first kappa shape index (κ1) is 69.0. The maximum Gasteiger partial charge on any atom is 0.306 e. The zero-order valence-corrected chi connectivity index (χ0v) is 47.3. The average molecular weight is 1020 g/mol. The Hall–Kier alpha value is -4.97. The van der Waals surface area contributed by atoms with E-state index in [4.69, 9.17) is 14.2 Å². The van der Waals surface area contributed by atoms with Crippen molar-refractivity contribution in [3.05, 3.63) is 158 Å². The summed E-state index contributed by atoms with van der Waals surface area (Å²) in [6.07, 6.45) is 88.1. The van der Waals surface area contributed by atoms with Crippen LogP contribution in [0.25, 0.3) is 0 Å². The SMILES string of the molecule is CC/C=C\C/C=C\C/C=C\C/C=C\C/C=C\C/C=C\C/C=C\CCCCCC(=O)OCC(COC(=O)CCCC/C=C\C/C=C\C/C=C\C/C=C\CC)OC(=O)CCCCCCC/C=C\C/C=C\CCCCCC. The minimum absolute atomic E-state index is 0.122. The van der Waals surface area contributed by atoms with Gasteiger partial charge in [0.2, 0.25) is 0 Å². The summed E-state index contributed by atoms with van der Waals surface area (Å²) in [5.74, 6) is -1.01. The lowest BCUT2D eigenvalue weighted by Gasteiger charge is -2.18. The van der Waals surface area contributed by atoms with Gasteiger partial charge in [-0.05, 0) is 148 Å². The molecule has 0 saturated heterocycles. The summed E-state index contributed by atoms with van der Waals surface area (Å²) in [5.41, 5.74) is 0. The number of esters is 3. The van der Waals surface area contributed by atoms with Crippen LogP contribution < -0.4 is 0 Å². The molecule has 0 aromatic carbocycles. The largest absolute Gasteiger partial charge is 0.462 e. The molecule has 6 heteroatoms. The number of hydrogen-bond donors (Lipinski definition) is 0. The summed E-state index contributed by atoms with van der Waals surface area (Å²) < 4.78 is 16.8. The molecule has 0 aliphatic carbocycles. The predicted octanol–water partition coefficient (Wildman–Crippen LogP) is 20.1. The van der Waals surface area contributed by atoms with Gasteiger partial charge >= 0.3 is 17.9 Å². The van der Waals surface area contributed by atoms with Gasteiger partial charge in [0.05, 0.1) is 0 Å². The van der Waals surface area contributed by atoms with E-state index in [2.05, 4.69) is 179 Å². The Kier molecular flexibility index (Phi) is 56.5. The Balaban J connectivity index is 4.53. The van der Waals surface area contributed by atoms with E-state index >= 15 is 0 Å². The zero-order chi connectivity index (χ0) is 53.6. The van der Waals surface area contributed by atoms with E-state index < -0.39 is 6.10 Å². The minimum Gasteiger partial charge on any atom is -0.462 e. The highest BCUT2D eigenvalue weighted by atomic mass is 16.6. The Morgan fingerprint density at radius 1 is 0.284 bits per heavy atom. The molecule has 0 aromatic heterocycles. The lowest BCUT2D eigenvalue weighted by atomic mass is 10.1. The monoisotopic (exact) mass is 1020 g/mol. The van der Waals surface area contributed by atoms with Crippen LogP contribution in [0.2, 0.25) is 0 Å². The predicted molar refractivity (Wildman–Crippen MR) is 320 cm³/mol. The molecule has 1 atom stereocenters. The molecule has 0 N–H and O–H groups in total. The fourth-order valence-electron chi connectivity index (χ4n) is 7.38. The number of allylic oxidation sites excluding steroid dienone is 26. The van der Waals surface area contributed by atoms with Crippen LogP contribution in [0.4, 0.5) is 0 Å². The average Bonchev–Trinajstić information content (AvgIpc) is 3.40. The molecule has 0 amide bonds. The lowest BCUT2D eigenvalue weighted by Crippen LogP contribution is -2.30. The zero-order valence-electron chi connectivity index (χ0n) is 47.3. The molecule has 0 fully saturated rings. The Morgan fingerprint density at radius 3 is 0.865 bits per heavy atom. The number of carbonyl (C=O) groups is 3. The topological polar surface area (TPSA) is 78.9 Å². The molecule has 0 aliphatic heterocycles. The molecular weight excluding hydrogens is 913 g/mol. The van der Waals surface area contributed by atoms with E-state index in [0.717, 1.165) is 154 Å². The second-order valence-electron chi connectivity index (χ2n) is 18.8. The van der Waals surface area contributed by atoms with Gasteiger partial charge in [0.1, 0.15) is 13.2 Å². The molecule has 0 aromatic rings. The van der Waals surface area contributed by atoms with Crippen LogP contribution in [0.5, 0.6) is 0 Å². The van der Waals surface area contributed by atoms with Gasteiger partial charge in [0.15, 0.2) is 6.10 Å². The van der Waals surface area contributed by atoms with Crippen molar-refractivity contribution in [1.82, 2.24) is 0 Å². The third-order valence-corrected chi connectivity index (χ3v) is 11.7. The van der Waals surface area contributed by atoms with Gasteiger partial charge < -0.3 is 14.2 Å². The van der Waals surface area contributed by atoms with Crippen molar-refractivity contribution in [1.29, 1.82) is 0 Å². The first-order chi connectivity index (χ1) is 36.5. The molecule has 0 rings (SSSR count). The van der Waals surface area contributed by atoms with Gasteiger partial charge in [-0.3, -0.25) is 14.4 Å². The first-order valence-corrected chi connectivity index (χ1v) is 29.5. The summed E-state index contributed by atoms with van der Waals surface area (Å²) in [7, 11) is 0. The van der Waals surface area contributed by atoms with E-state index in [9.17, 15) is 14.4 Å². The standard InChI is InChI=1S/C68H106O6/c1-4-7-10-13-16-19-22-25-28-30-31-32-33-34-35-36-37-38-41-43-46-49-52-55-58-61-67(70)73-64-65(63-72-66(69)60-57-54-51-48-45-42-39-27-24-21-18-15-12-9-6-3)74-68(71)62-59-56-53-50-47-44-40-29-26-23-20-17-14-11-8-5-2/h7,9-10,12,16,18-21,23,25,27-29,31-32,34-35,37-40,43,45-46,48,65H,4-6,8,11,13-15,17,22,24,26,30,33,36,41-42,44,47,49-64H2,1-3H3/b10-7-,12-9-,19-16-,21-18-,23-20-,28-25-,32-31-,35-34-,38-37-,39-27-,40-29-,46-43-,48-45-. The van der Waals surface area contributed by atoms with Gasteiger partial charge in [-0.2, -0.15) is 0 Å². The molecule has 0 saturated carbocycles. The molecule has 0 aliphatic rings. The van der Waals surface area contributed by atoms with Crippen molar-refractivity contribution in [3.63, 3.8) is 0 Å². The van der Waals surface area contributed by atoms with Crippen LogP contribution in [-0.4, -0.2) is 37.2 Å². The summed E-state index contributed by atoms with van der Waals surface area (Å²) in [6.45, 7) is 6.30. The summed E-state index contributed by atoms with van der Waals surface area (Å²) in [4.78, 5) is 38.2. The normalized spacial score (nSPS) is 13.3. The van der Waals surface area contributed by atoms with Gasteiger partial charge in [-0.1, -0.05) is 224 Å². The maximum absolute atomic E-state index is 12.9. The maximum atomic E-state index is 12.9. The quantitative estimate of drug-likeness (QED) is 0.0261. The van der Waals surface area contributed by atoms with Gasteiger partial charge in [-0.15, -0.1) is 0 Å². The van der Waals surface area contributed by atoms with Crippen molar-refractivity contribution in [3.8, 4) is 0 Å². The van der Waals surface area contributed by atoms with Crippen molar-refractivity contribution in [2.75, 3.05) is 13.2 Å². The van der Waals surface area contributed by atoms with E-state index in [1.165, 1.54) is 32.1 Å². The van der Waals surface area contributed by atoms with E-state index in [-0.39, 0.29) is 44.0 Å². The highest BCUT2D eigenvalue weighted by molar-refractivity contribution is 5.71. The van der Waals surface area contributed by atoms with Crippen molar-refractivity contribution >= 4 is 17.9 Å². The number of carbonyl (C=O) groups excluding carboxylic acids is 3. The molecule has 1 unspecified atom stereocenters. The molecule has 6 nitrogen and oxygen atoms in total. The van der Waals surface area contributed by atoms with Crippen LogP contribution in [0.15, 0.2) is 158 Å². The Morgan fingerprint density at radius 2 is 0.527 bits per heavy atom. The van der Waals surface area contributed by atoms with Crippen LogP contribution in [0.3, 0.4) is 0 Å². The highest BCUT2D eigenvalue weighted by Gasteiger charge is 2.19. The van der Waals surface area contributed by atoms with Crippen LogP contribution in [-0.2, 0) is 28.6 Å². The van der Waals surface area contributed by atoms with E-state index in [0.29, 0.717) is 12.8 Å². The molecule has 0 heterocycles. The first-order valence-electron chi connectivity index (χ1n) is 29.5. The van der Waals surface area contributed by atoms with E-state index in [1.54, 1.807) is 0 Å². The fourth-order valence-corrected chi connectivity index (χ4v) is 7.38. The molecule has 0 spiro atoms. The highest BCUT2D eigenvalue weighted by Crippen LogP contribution is 2.12. The molecule has 0 bridgehead atoms. The smallest absolute Gasteiger partial charge is 0.306 e. The lowest BCUT2D eigenvalue weighted by molar-refractivity contribution is -0.167. The summed E-state index contributed by atoms with van der Waals surface area (Å²) >= 11 is 0. The summed E-state index contributed by atoms with van der Waals surface area (Å²) in [5, 5.41) is 0. The third kappa shape index (κ3) is 57.9. The summed E-state index contributed by atoms with van der Waals surface area (Å²) in [6, 6.07) is 0. The van der Waals surface area contributed by atoms with Gasteiger partial charge in [0, 0.05) is 19.3 Å². The second-order valence-corrected chi connectivity index (χ2v) is 18.8. The van der Waals surface area contributed by atoms with Crippen LogP contribution >= 0.6 is 0 Å². The molecular formula is C68H106O6. The van der Waals surface area contributed by atoms with Crippen LogP contribution in [0.1, 0.15) is 233 Å². The van der Waals surface area contributed by atoms with Crippen molar-refractivity contribution in [2.45, 2.75) is 239 Å². The molecule has 0 radical (unpaired) electrons. The van der Waals surface area contributed by atoms with Crippen molar-refractivity contribution < 1.29 is 28.6 Å².